The lowest BCUT2D eigenvalue weighted by Gasteiger charge is -2.02. The number of nitrogen functional groups attached to an aromatic ring is 1. The van der Waals surface area contributed by atoms with Gasteiger partial charge in [0.1, 0.15) is 5.82 Å². The molecule has 0 radical (unpaired) electrons. The molecule has 0 aliphatic heterocycles. The van der Waals surface area contributed by atoms with E-state index in [4.69, 9.17) is 10.5 Å². The standard InChI is InChI=1S/C7H11N3O/c1-3-5-7(8)10-6(11-2)4-9-5/h4H,3H2,1-2H3,(H2,8,10). The van der Waals surface area contributed by atoms with Crippen LogP contribution >= 0.6 is 0 Å². The molecule has 0 fully saturated rings. The molecule has 0 saturated carbocycles. The van der Waals surface area contributed by atoms with E-state index in [2.05, 4.69) is 9.97 Å². The lowest BCUT2D eigenvalue weighted by Crippen LogP contribution is -2.01. The number of nitrogens with two attached hydrogens (primary N) is 1. The van der Waals surface area contributed by atoms with E-state index in [0.29, 0.717) is 11.7 Å². The second-order valence-electron chi connectivity index (χ2n) is 2.10. The number of nitrogens with zero attached hydrogens (tertiary/aromatic N) is 2. The third-order valence-corrected chi connectivity index (χ3v) is 1.40. The van der Waals surface area contributed by atoms with Gasteiger partial charge in [-0.05, 0) is 6.42 Å². The molecule has 0 aromatic carbocycles. The van der Waals surface area contributed by atoms with Crippen LogP contribution < -0.4 is 10.5 Å². The van der Waals surface area contributed by atoms with E-state index < -0.39 is 0 Å². The maximum absolute atomic E-state index is 5.55. The van der Waals surface area contributed by atoms with Gasteiger partial charge in [0.25, 0.3) is 0 Å². The smallest absolute Gasteiger partial charge is 0.234 e. The molecule has 0 bridgehead atoms. The van der Waals surface area contributed by atoms with Crippen molar-refractivity contribution in [3.63, 3.8) is 0 Å². The summed E-state index contributed by atoms with van der Waals surface area (Å²) < 4.78 is 4.84. The molecular weight excluding hydrogens is 142 g/mol. The minimum atomic E-state index is 0.451. The summed E-state index contributed by atoms with van der Waals surface area (Å²) in [5.41, 5.74) is 6.36. The Morgan fingerprint density at radius 3 is 2.82 bits per heavy atom. The second-order valence-corrected chi connectivity index (χ2v) is 2.10. The van der Waals surface area contributed by atoms with Crippen molar-refractivity contribution in [3.05, 3.63) is 11.9 Å². The van der Waals surface area contributed by atoms with Crippen LogP contribution in [0.1, 0.15) is 12.6 Å². The third kappa shape index (κ3) is 1.58. The van der Waals surface area contributed by atoms with E-state index in [9.17, 15) is 0 Å². The monoisotopic (exact) mass is 153 g/mol. The highest BCUT2D eigenvalue weighted by Gasteiger charge is 2.00. The van der Waals surface area contributed by atoms with Crippen LogP contribution in [0, 0.1) is 0 Å². The Balaban J connectivity index is 2.99. The first kappa shape index (κ1) is 7.78. The number of aryl methyl sites for hydroxylation is 1. The summed E-state index contributed by atoms with van der Waals surface area (Å²) in [7, 11) is 1.54. The van der Waals surface area contributed by atoms with Crippen LogP contribution in [0.3, 0.4) is 0 Å². The van der Waals surface area contributed by atoms with Gasteiger partial charge < -0.3 is 10.5 Å². The molecule has 0 aliphatic carbocycles. The van der Waals surface area contributed by atoms with Gasteiger partial charge in [0.05, 0.1) is 19.0 Å². The molecule has 0 atom stereocenters. The van der Waals surface area contributed by atoms with Gasteiger partial charge in [-0.3, -0.25) is 4.98 Å². The van der Waals surface area contributed by atoms with Crippen molar-refractivity contribution >= 4 is 5.82 Å². The Morgan fingerprint density at radius 2 is 2.36 bits per heavy atom. The summed E-state index contributed by atoms with van der Waals surface area (Å²) in [5.74, 6) is 0.909. The lowest BCUT2D eigenvalue weighted by molar-refractivity contribution is 0.396. The molecule has 2 N–H and O–H groups in total. The van der Waals surface area contributed by atoms with Crippen LogP contribution in [0.2, 0.25) is 0 Å². The van der Waals surface area contributed by atoms with E-state index in [1.807, 2.05) is 6.92 Å². The highest BCUT2D eigenvalue weighted by Crippen LogP contribution is 2.10. The molecule has 0 amide bonds. The van der Waals surface area contributed by atoms with Crippen LogP contribution in [-0.4, -0.2) is 17.1 Å². The van der Waals surface area contributed by atoms with Gasteiger partial charge in [-0.1, -0.05) is 6.92 Å². The Bertz CT molecular complexity index is 249. The summed E-state index contributed by atoms with van der Waals surface area (Å²) in [5, 5.41) is 0. The number of rotatable bonds is 2. The zero-order valence-corrected chi connectivity index (χ0v) is 6.66. The first-order valence-electron chi connectivity index (χ1n) is 3.43. The van der Waals surface area contributed by atoms with Crippen molar-refractivity contribution < 1.29 is 4.74 Å². The van der Waals surface area contributed by atoms with E-state index in [1.165, 1.54) is 7.11 Å². The highest BCUT2D eigenvalue weighted by molar-refractivity contribution is 5.35. The van der Waals surface area contributed by atoms with Crippen LogP contribution in [0.15, 0.2) is 6.20 Å². The van der Waals surface area contributed by atoms with Crippen molar-refractivity contribution in [1.82, 2.24) is 9.97 Å². The van der Waals surface area contributed by atoms with Crippen molar-refractivity contribution in [1.29, 1.82) is 0 Å². The summed E-state index contributed by atoms with van der Waals surface area (Å²) in [6.45, 7) is 1.98. The third-order valence-electron chi connectivity index (χ3n) is 1.40. The minimum Gasteiger partial charge on any atom is -0.480 e. The number of methoxy groups -OCH3 is 1. The maximum Gasteiger partial charge on any atom is 0.234 e. The van der Waals surface area contributed by atoms with E-state index in [1.54, 1.807) is 6.20 Å². The molecule has 1 aromatic heterocycles. The SMILES string of the molecule is CCc1ncc(OC)nc1N. The molecule has 4 heteroatoms. The maximum atomic E-state index is 5.55. The summed E-state index contributed by atoms with van der Waals surface area (Å²) in [4.78, 5) is 8.01. The lowest BCUT2D eigenvalue weighted by atomic mass is 10.3. The molecule has 0 aliphatic rings. The number of hydrogen-bond donors (Lipinski definition) is 1. The fourth-order valence-electron chi connectivity index (χ4n) is 0.782. The predicted octanol–water partition coefficient (Wildman–Crippen LogP) is 0.630. The average Bonchev–Trinajstić information content (AvgIpc) is 2.04. The number of aromatic nitrogens is 2. The largest absolute Gasteiger partial charge is 0.480 e. The molecule has 1 rings (SSSR count). The van der Waals surface area contributed by atoms with Crippen molar-refractivity contribution in [2.45, 2.75) is 13.3 Å². The zero-order chi connectivity index (χ0) is 8.27. The van der Waals surface area contributed by atoms with Crippen LogP contribution in [0.25, 0.3) is 0 Å². The first-order chi connectivity index (χ1) is 5.27. The molecular formula is C7H11N3O. The minimum absolute atomic E-state index is 0.451. The molecule has 0 saturated heterocycles. The second kappa shape index (κ2) is 3.18. The van der Waals surface area contributed by atoms with E-state index in [0.717, 1.165) is 12.1 Å². The molecule has 1 aromatic rings. The Labute approximate surface area is 65.4 Å². The molecule has 0 spiro atoms. The molecule has 1 heterocycles. The van der Waals surface area contributed by atoms with Crippen LogP contribution in [-0.2, 0) is 6.42 Å². The fourth-order valence-corrected chi connectivity index (χ4v) is 0.782. The number of hydrogen-bond acceptors (Lipinski definition) is 4. The molecule has 0 unspecified atom stereocenters. The van der Waals surface area contributed by atoms with Gasteiger partial charge >= 0.3 is 0 Å². The summed E-state index contributed by atoms with van der Waals surface area (Å²) in [6, 6.07) is 0. The topological polar surface area (TPSA) is 61.0 Å². The van der Waals surface area contributed by atoms with Crippen molar-refractivity contribution in [2.24, 2.45) is 0 Å². The van der Waals surface area contributed by atoms with Gasteiger partial charge in [-0.15, -0.1) is 0 Å². The van der Waals surface area contributed by atoms with Gasteiger partial charge in [-0.2, -0.15) is 4.98 Å². The Morgan fingerprint density at radius 1 is 1.64 bits per heavy atom. The fraction of sp³-hybridized carbons (Fsp3) is 0.429. The van der Waals surface area contributed by atoms with Gasteiger partial charge in [0, 0.05) is 0 Å². The zero-order valence-electron chi connectivity index (χ0n) is 6.66. The number of anilines is 1. The molecule has 60 valence electrons. The highest BCUT2D eigenvalue weighted by atomic mass is 16.5. The predicted molar refractivity (Wildman–Crippen MR) is 42.4 cm³/mol. The first-order valence-corrected chi connectivity index (χ1v) is 3.43. The van der Waals surface area contributed by atoms with Crippen LogP contribution in [0.5, 0.6) is 5.88 Å². The van der Waals surface area contributed by atoms with Gasteiger partial charge in [0.15, 0.2) is 0 Å². The van der Waals surface area contributed by atoms with E-state index in [-0.39, 0.29) is 0 Å². The summed E-state index contributed by atoms with van der Waals surface area (Å²) >= 11 is 0. The average molecular weight is 153 g/mol. The number of ether oxygens (including phenoxy) is 1. The summed E-state index contributed by atoms with van der Waals surface area (Å²) in [6.07, 6.45) is 2.36. The normalized spacial score (nSPS) is 9.64. The van der Waals surface area contributed by atoms with Gasteiger partial charge in [0.2, 0.25) is 5.88 Å². The molecule has 4 nitrogen and oxygen atoms in total. The molecule has 11 heavy (non-hydrogen) atoms. The Kier molecular flexibility index (Phi) is 2.25. The van der Waals surface area contributed by atoms with Crippen LogP contribution in [0.4, 0.5) is 5.82 Å². The quantitative estimate of drug-likeness (QED) is 0.677. The van der Waals surface area contributed by atoms with E-state index >= 15 is 0 Å². The van der Waals surface area contributed by atoms with Crippen molar-refractivity contribution in [2.75, 3.05) is 12.8 Å². The van der Waals surface area contributed by atoms with Crippen molar-refractivity contribution in [3.8, 4) is 5.88 Å². The Hall–Kier alpha value is -1.32. The van der Waals surface area contributed by atoms with Gasteiger partial charge in [-0.25, -0.2) is 0 Å².